The van der Waals surface area contributed by atoms with Crippen LogP contribution in [0.5, 0.6) is 5.75 Å². The lowest BCUT2D eigenvalue weighted by atomic mass is 10.0. The van der Waals surface area contributed by atoms with Crippen molar-refractivity contribution in [2.75, 3.05) is 6.61 Å². The summed E-state index contributed by atoms with van der Waals surface area (Å²) in [6, 6.07) is 5.71. The van der Waals surface area contributed by atoms with Crippen molar-refractivity contribution < 1.29 is 19.4 Å². The first-order chi connectivity index (χ1) is 8.65. The quantitative estimate of drug-likeness (QED) is 0.828. The molecule has 1 saturated carbocycles. The van der Waals surface area contributed by atoms with Crippen LogP contribution < -0.4 is 4.74 Å². The maximum Gasteiger partial charge on any atom is 0.313 e. The molecular weight excluding hydrogens is 232 g/mol. The van der Waals surface area contributed by atoms with E-state index in [1.54, 1.807) is 13.8 Å². The van der Waals surface area contributed by atoms with Gasteiger partial charge in [-0.05, 0) is 13.8 Å². The number of carbonyl (C=O) groups excluding carboxylic acids is 1. The summed E-state index contributed by atoms with van der Waals surface area (Å²) in [5.74, 6) is 0.517. The van der Waals surface area contributed by atoms with E-state index in [1.807, 2.05) is 18.2 Å². The molecule has 1 aromatic carbocycles. The number of aliphatic hydroxyl groups is 1. The lowest BCUT2D eigenvalue weighted by Crippen LogP contribution is -2.14. The topological polar surface area (TPSA) is 55.8 Å². The van der Waals surface area contributed by atoms with Gasteiger partial charge < -0.3 is 14.6 Å². The molecule has 1 aliphatic heterocycles. The van der Waals surface area contributed by atoms with Crippen molar-refractivity contribution in [1.29, 1.82) is 0 Å². The van der Waals surface area contributed by atoms with Gasteiger partial charge in [0.15, 0.2) is 0 Å². The van der Waals surface area contributed by atoms with Crippen molar-refractivity contribution in [2.45, 2.75) is 32.0 Å². The zero-order chi connectivity index (χ0) is 12.9. The molecule has 96 valence electrons. The highest BCUT2D eigenvalue weighted by Crippen LogP contribution is 2.59. The molecule has 4 heteroatoms. The van der Waals surface area contributed by atoms with Crippen LogP contribution in [0.4, 0.5) is 0 Å². The minimum atomic E-state index is -0.557. The molecule has 1 fully saturated rings. The fraction of sp³-hybridized carbons (Fsp3) is 0.500. The number of ether oxygens (including phenoxy) is 2. The Morgan fingerprint density at radius 1 is 1.56 bits per heavy atom. The normalized spacial score (nSPS) is 28.9. The minimum Gasteiger partial charge on any atom is -0.488 e. The molecule has 1 aliphatic carbocycles. The number of hydrogen-bond acceptors (Lipinski definition) is 4. The SMILES string of the molecule is CCOC(=O)[C@@H]1[C@H]2Oc3c(cccc3[C@@H](C)O)[C@H]21. The number of para-hydroxylation sites is 1. The second-order valence-electron chi connectivity index (χ2n) is 4.83. The number of rotatable bonds is 3. The first-order valence-electron chi connectivity index (χ1n) is 6.29. The Morgan fingerprint density at radius 3 is 3.00 bits per heavy atom. The Morgan fingerprint density at radius 2 is 2.33 bits per heavy atom. The molecule has 0 saturated heterocycles. The minimum absolute atomic E-state index is 0.0982. The number of benzene rings is 1. The molecular formula is C14H16O4. The average molecular weight is 248 g/mol. The molecule has 18 heavy (non-hydrogen) atoms. The Bertz CT molecular complexity index is 495. The van der Waals surface area contributed by atoms with Gasteiger partial charge in [0.25, 0.3) is 0 Å². The summed E-state index contributed by atoms with van der Waals surface area (Å²) in [4.78, 5) is 11.7. The molecule has 3 rings (SSSR count). The van der Waals surface area contributed by atoms with Crippen LogP contribution in [0.3, 0.4) is 0 Å². The lowest BCUT2D eigenvalue weighted by Gasteiger charge is -2.14. The van der Waals surface area contributed by atoms with E-state index in [0.717, 1.165) is 16.9 Å². The van der Waals surface area contributed by atoms with Gasteiger partial charge in [0.05, 0.1) is 12.7 Å². The van der Waals surface area contributed by atoms with Crippen molar-refractivity contribution >= 4 is 5.97 Å². The lowest BCUT2D eigenvalue weighted by molar-refractivity contribution is -0.145. The maximum atomic E-state index is 11.7. The van der Waals surface area contributed by atoms with Gasteiger partial charge in [-0.2, -0.15) is 0 Å². The molecule has 1 heterocycles. The highest BCUT2D eigenvalue weighted by atomic mass is 16.5. The summed E-state index contributed by atoms with van der Waals surface area (Å²) in [6.45, 7) is 3.91. The molecule has 0 unspecified atom stereocenters. The number of esters is 1. The van der Waals surface area contributed by atoms with E-state index >= 15 is 0 Å². The third kappa shape index (κ3) is 1.52. The largest absolute Gasteiger partial charge is 0.488 e. The number of fused-ring (bicyclic) bond motifs is 3. The van der Waals surface area contributed by atoms with Crippen LogP contribution in [-0.2, 0) is 9.53 Å². The second kappa shape index (κ2) is 3.99. The third-order valence-corrected chi connectivity index (χ3v) is 3.65. The molecule has 0 aromatic heterocycles. The van der Waals surface area contributed by atoms with E-state index in [4.69, 9.17) is 9.47 Å². The standard InChI is InChI=1S/C14H16O4/c1-3-17-14(16)11-10-9-6-4-5-8(7(2)15)12(9)18-13(10)11/h4-7,10-11,13,15H,3H2,1-2H3/t7-,10+,11+,13+/m1/s1. The Kier molecular flexibility index (Phi) is 2.55. The molecule has 0 spiro atoms. The summed E-state index contributed by atoms with van der Waals surface area (Å²) < 4.78 is 10.8. The summed E-state index contributed by atoms with van der Waals surface area (Å²) >= 11 is 0. The number of aliphatic hydroxyl groups excluding tert-OH is 1. The van der Waals surface area contributed by atoms with Gasteiger partial charge in [-0.25, -0.2) is 0 Å². The molecule has 0 amide bonds. The van der Waals surface area contributed by atoms with Crippen molar-refractivity contribution in [3.05, 3.63) is 29.3 Å². The third-order valence-electron chi connectivity index (χ3n) is 3.65. The van der Waals surface area contributed by atoms with E-state index < -0.39 is 6.10 Å². The molecule has 0 bridgehead atoms. The summed E-state index contributed by atoms with van der Waals surface area (Å²) in [5, 5.41) is 9.68. The number of hydrogen-bond donors (Lipinski definition) is 1. The van der Waals surface area contributed by atoms with Gasteiger partial charge in [-0.1, -0.05) is 18.2 Å². The molecule has 2 aliphatic rings. The predicted molar refractivity (Wildman–Crippen MR) is 64.4 cm³/mol. The molecule has 1 N–H and O–H groups in total. The maximum absolute atomic E-state index is 11.7. The molecule has 4 atom stereocenters. The van der Waals surface area contributed by atoms with Crippen molar-refractivity contribution in [2.24, 2.45) is 5.92 Å². The van der Waals surface area contributed by atoms with Crippen molar-refractivity contribution in [1.82, 2.24) is 0 Å². The second-order valence-corrected chi connectivity index (χ2v) is 4.83. The van der Waals surface area contributed by atoms with Gasteiger partial charge in [-0.3, -0.25) is 4.79 Å². The molecule has 4 nitrogen and oxygen atoms in total. The van der Waals surface area contributed by atoms with E-state index in [9.17, 15) is 9.90 Å². The van der Waals surface area contributed by atoms with Crippen LogP contribution in [0.2, 0.25) is 0 Å². The van der Waals surface area contributed by atoms with Crippen molar-refractivity contribution in [3.8, 4) is 5.75 Å². The van der Waals surface area contributed by atoms with Gasteiger partial charge in [0.2, 0.25) is 0 Å². The van der Waals surface area contributed by atoms with E-state index in [1.165, 1.54) is 0 Å². The smallest absolute Gasteiger partial charge is 0.313 e. The number of carbonyl (C=O) groups is 1. The summed E-state index contributed by atoms with van der Waals surface area (Å²) in [6.07, 6.45) is -0.655. The van der Waals surface area contributed by atoms with Gasteiger partial charge in [0.1, 0.15) is 17.8 Å². The van der Waals surface area contributed by atoms with E-state index in [-0.39, 0.29) is 23.9 Å². The molecule has 0 radical (unpaired) electrons. The Hall–Kier alpha value is -1.55. The van der Waals surface area contributed by atoms with Crippen LogP contribution in [0.1, 0.15) is 37.0 Å². The zero-order valence-electron chi connectivity index (χ0n) is 10.4. The highest BCUT2D eigenvalue weighted by Gasteiger charge is 2.63. The zero-order valence-corrected chi connectivity index (χ0v) is 10.4. The summed E-state index contributed by atoms with van der Waals surface area (Å²) in [5.41, 5.74) is 1.82. The molecule has 1 aromatic rings. The van der Waals surface area contributed by atoms with E-state index in [0.29, 0.717) is 6.61 Å². The predicted octanol–water partition coefficient (Wildman–Crippen LogP) is 1.78. The average Bonchev–Trinajstić information content (AvgIpc) is 2.92. The van der Waals surface area contributed by atoms with Crippen molar-refractivity contribution in [3.63, 3.8) is 0 Å². The Labute approximate surface area is 106 Å². The summed E-state index contributed by atoms with van der Waals surface area (Å²) in [7, 11) is 0. The van der Waals surface area contributed by atoms with Crippen LogP contribution in [0.25, 0.3) is 0 Å². The van der Waals surface area contributed by atoms with E-state index in [2.05, 4.69) is 0 Å². The first-order valence-corrected chi connectivity index (χ1v) is 6.29. The monoisotopic (exact) mass is 248 g/mol. The Balaban J connectivity index is 1.86. The fourth-order valence-electron chi connectivity index (χ4n) is 2.76. The van der Waals surface area contributed by atoms with Gasteiger partial charge >= 0.3 is 5.97 Å². The van der Waals surface area contributed by atoms with Crippen LogP contribution in [0.15, 0.2) is 18.2 Å². The van der Waals surface area contributed by atoms with Crippen LogP contribution in [0, 0.1) is 5.92 Å². The fourth-order valence-corrected chi connectivity index (χ4v) is 2.76. The van der Waals surface area contributed by atoms with Gasteiger partial charge in [-0.15, -0.1) is 0 Å². The highest BCUT2D eigenvalue weighted by molar-refractivity contribution is 5.81. The van der Waals surface area contributed by atoms with Crippen LogP contribution in [-0.4, -0.2) is 23.8 Å². The first kappa shape index (κ1) is 11.5. The van der Waals surface area contributed by atoms with Crippen LogP contribution >= 0.6 is 0 Å². The van der Waals surface area contributed by atoms with Gasteiger partial charge in [0, 0.05) is 17.0 Å².